The van der Waals surface area contributed by atoms with E-state index < -0.39 is 10.0 Å². The minimum absolute atomic E-state index is 0.0613. The number of nitrogens with zero attached hydrogens (tertiary/aromatic N) is 3. The molecule has 5 nitrogen and oxygen atoms in total. The summed E-state index contributed by atoms with van der Waals surface area (Å²) in [5.74, 6) is 0. The molecule has 0 amide bonds. The standard InChI is InChI=1S/C19H18Cl3N3O2S/c1-28(26,27)24-7-6-17(12-24)25(11-14-8-15(20)3-5-18(14)21)16-4-2-13(10-23)19(22)9-16/h2-5,8-9,17H,6-7,11-12H2,1H3/t17-/m0/s1. The van der Waals surface area contributed by atoms with Crippen molar-refractivity contribution in [3.05, 3.63) is 62.6 Å². The minimum atomic E-state index is -3.27. The number of benzene rings is 2. The lowest BCUT2D eigenvalue weighted by Gasteiger charge is -2.32. The Morgan fingerprint density at radius 2 is 1.93 bits per heavy atom. The first kappa shape index (κ1) is 21.2. The fourth-order valence-corrected chi connectivity index (χ4v) is 4.79. The van der Waals surface area contributed by atoms with Crippen LogP contribution in [0.25, 0.3) is 0 Å². The summed E-state index contributed by atoms with van der Waals surface area (Å²) in [4.78, 5) is 2.07. The molecule has 3 rings (SSSR count). The number of hydrogen-bond acceptors (Lipinski definition) is 4. The molecule has 1 fully saturated rings. The molecule has 2 aromatic rings. The molecule has 2 aromatic carbocycles. The van der Waals surface area contributed by atoms with Gasteiger partial charge in [0.25, 0.3) is 0 Å². The first-order valence-corrected chi connectivity index (χ1v) is 11.5. The SMILES string of the molecule is CS(=O)(=O)N1CC[C@H](N(Cc2cc(Cl)ccc2Cl)c2ccc(C#N)c(Cl)c2)C1. The molecule has 148 valence electrons. The molecule has 1 atom stereocenters. The van der Waals surface area contributed by atoms with E-state index in [9.17, 15) is 8.42 Å². The average molecular weight is 459 g/mol. The Morgan fingerprint density at radius 1 is 1.18 bits per heavy atom. The summed E-state index contributed by atoms with van der Waals surface area (Å²) in [6.07, 6.45) is 1.88. The third kappa shape index (κ3) is 4.73. The molecule has 0 bridgehead atoms. The van der Waals surface area contributed by atoms with Crippen molar-refractivity contribution in [3.8, 4) is 6.07 Å². The second kappa shape index (κ2) is 8.48. The van der Waals surface area contributed by atoms with Gasteiger partial charge in [-0.1, -0.05) is 34.8 Å². The van der Waals surface area contributed by atoms with Crippen LogP contribution in [-0.4, -0.2) is 38.1 Å². The largest absolute Gasteiger partial charge is 0.363 e. The molecule has 0 radical (unpaired) electrons. The zero-order valence-electron chi connectivity index (χ0n) is 15.1. The van der Waals surface area contributed by atoms with E-state index in [1.54, 1.807) is 30.3 Å². The quantitative estimate of drug-likeness (QED) is 0.659. The lowest BCUT2D eigenvalue weighted by Crippen LogP contribution is -2.38. The maximum Gasteiger partial charge on any atom is 0.211 e. The summed E-state index contributed by atoms with van der Waals surface area (Å²) in [5.41, 5.74) is 2.00. The van der Waals surface area contributed by atoms with Gasteiger partial charge in [-0.2, -0.15) is 5.26 Å². The van der Waals surface area contributed by atoms with Crippen LogP contribution in [0, 0.1) is 11.3 Å². The fourth-order valence-electron chi connectivity index (χ4n) is 3.32. The molecular weight excluding hydrogens is 441 g/mol. The fraction of sp³-hybridized carbons (Fsp3) is 0.316. The van der Waals surface area contributed by atoms with Crippen LogP contribution in [0.1, 0.15) is 17.5 Å². The summed E-state index contributed by atoms with van der Waals surface area (Å²) >= 11 is 18.7. The lowest BCUT2D eigenvalue weighted by atomic mass is 10.1. The van der Waals surface area contributed by atoms with E-state index in [-0.39, 0.29) is 6.04 Å². The normalized spacial score (nSPS) is 17.5. The van der Waals surface area contributed by atoms with Crippen LogP contribution in [0.5, 0.6) is 0 Å². The van der Waals surface area contributed by atoms with Gasteiger partial charge in [0.2, 0.25) is 10.0 Å². The highest BCUT2D eigenvalue weighted by Crippen LogP contribution is 2.31. The van der Waals surface area contributed by atoms with Gasteiger partial charge in [0.05, 0.1) is 16.8 Å². The maximum atomic E-state index is 11.9. The third-order valence-corrected chi connectivity index (χ3v) is 6.98. The minimum Gasteiger partial charge on any atom is -0.363 e. The van der Waals surface area contributed by atoms with Gasteiger partial charge < -0.3 is 4.90 Å². The van der Waals surface area contributed by atoms with Crippen molar-refractivity contribution < 1.29 is 8.42 Å². The number of rotatable bonds is 5. The van der Waals surface area contributed by atoms with Gasteiger partial charge in [-0.3, -0.25) is 0 Å². The number of halogens is 3. The van der Waals surface area contributed by atoms with Crippen molar-refractivity contribution >= 4 is 50.5 Å². The van der Waals surface area contributed by atoms with Crippen molar-refractivity contribution in [1.29, 1.82) is 5.26 Å². The predicted molar refractivity (Wildman–Crippen MR) is 114 cm³/mol. The van der Waals surface area contributed by atoms with Crippen molar-refractivity contribution in [1.82, 2.24) is 4.31 Å². The zero-order chi connectivity index (χ0) is 20.5. The van der Waals surface area contributed by atoms with Gasteiger partial charge in [0.15, 0.2) is 0 Å². The lowest BCUT2D eigenvalue weighted by molar-refractivity contribution is 0.473. The second-order valence-corrected chi connectivity index (χ2v) is 9.94. The third-order valence-electron chi connectivity index (χ3n) is 4.79. The molecule has 1 saturated heterocycles. The van der Waals surface area contributed by atoms with Crippen LogP contribution in [0.4, 0.5) is 5.69 Å². The van der Waals surface area contributed by atoms with Crippen LogP contribution in [-0.2, 0) is 16.6 Å². The highest BCUT2D eigenvalue weighted by molar-refractivity contribution is 7.88. The Morgan fingerprint density at radius 3 is 2.54 bits per heavy atom. The molecule has 28 heavy (non-hydrogen) atoms. The Bertz CT molecular complexity index is 1040. The smallest absolute Gasteiger partial charge is 0.211 e. The number of sulfonamides is 1. The van der Waals surface area contributed by atoms with Crippen LogP contribution in [0.3, 0.4) is 0 Å². The van der Waals surface area contributed by atoms with Gasteiger partial charge >= 0.3 is 0 Å². The monoisotopic (exact) mass is 457 g/mol. The number of anilines is 1. The molecule has 1 aliphatic heterocycles. The van der Waals surface area contributed by atoms with E-state index >= 15 is 0 Å². The van der Waals surface area contributed by atoms with E-state index in [0.29, 0.717) is 46.7 Å². The Kier molecular flexibility index (Phi) is 6.43. The van der Waals surface area contributed by atoms with Crippen LogP contribution in [0.2, 0.25) is 15.1 Å². The molecule has 0 aliphatic carbocycles. The number of nitriles is 1. The molecule has 0 aromatic heterocycles. The molecular formula is C19H18Cl3N3O2S. The van der Waals surface area contributed by atoms with Crippen LogP contribution < -0.4 is 4.90 Å². The van der Waals surface area contributed by atoms with Crippen molar-refractivity contribution in [2.45, 2.75) is 19.0 Å². The van der Waals surface area contributed by atoms with Crippen LogP contribution in [0.15, 0.2) is 36.4 Å². The van der Waals surface area contributed by atoms with Gasteiger partial charge in [-0.05, 0) is 48.4 Å². The van der Waals surface area contributed by atoms with Crippen molar-refractivity contribution in [3.63, 3.8) is 0 Å². The van der Waals surface area contributed by atoms with Crippen molar-refractivity contribution in [2.75, 3.05) is 24.2 Å². The van der Waals surface area contributed by atoms with E-state index in [1.165, 1.54) is 10.6 Å². The van der Waals surface area contributed by atoms with E-state index in [1.807, 2.05) is 12.1 Å². The summed E-state index contributed by atoms with van der Waals surface area (Å²) in [6, 6.07) is 12.4. The maximum absolute atomic E-state index is 11.9. The molecule has 0 spiro atoms. The topological polar surface area (TPSA) is 64.4 Å². The summed E-state index contributed by atoms with van der Waals surface area (Å²) in [7, 11) is -3.27. The van der Waals surface area contributed by atoms with Crippen molar-refractivity contribution in [2.24, 2.45) is 0 Å². The molecule has 9 heteroatoms. The zero-order valence-corrected chi connectivity index (χ0v) is 18.2. The molecule has 1 aliphatic rings. The van der Waals surface area contributed by atoms with Gasteiger partial charge in [0, 0.05) is 41.4 Å². The Hall–Kier alpha value is -1.49. The summed E-state index contributed by atoms with van der Waals surface area (Å²) in [6.45, 7) is 1.26. The van der Waals surface area contributed by atoms with E-state index in [0.717, 1.165) is 11.3 Å². The van der Waals surface area contributed by atoms with Gasteiger partial charge in [-0.25, -0.2) is 12.7 Å². The Labute approximate surface area is 180 Å². The first-order valence-electron chi connectivity index (χ1n) is 8.54. The van der Waals surface area contributed by atoms with Gasteiger partial charge in [0.1, 0.15) is 6.07 Å². The summed E-state index contributed by atoms with van der Waals surface area (Å²) < 4.78 is 25.4. The Balaban J connectivity index is 1.98. The highest BCUT2D eigenvalue weighted by atomic mass is 35.5. The molecule has 1 heterocycles. The van der Waals surface area contributed by atoms with E-state index in [2.05, 4.69) is 4.90 Å². The number of hydrogen-bond donors (Lipinski definition) is 0. The average Bonchev–Trinajstić information content (AvgIpc) is 3.12. The molecule has 0 unspecified atom stereocenters. The molecule has 0 N–H and O–H groups in total. The highest BCUT2D eigenvalue weighted by Gasteiger charge is 2.33. The molecule has 0 saturated carbocycles. The van der Waals surface area contributed by atoms with E-state index in [4.69, 9.17) is 40.1 Å². The van der Waals surface area contributed by atoms with Gasteiger partial charge in [-0.15, -0.1) is 0 Å². The summed E-state index contributed by atoms with van der Waals surface area (Å²) in [5, 5.41) is 10.6. The first-order chi connectivity index (χ1) is 13.2. The predicted octanol–water partition coefficient (Wildman–Crippen LogP) is 4.56. The van der Waals surface area contributed by atoms with Crippen LogP contribution >= 0.6 is 34.8 Å². The second-order valence-electron chi connectivity index (χ2n) is 6.70.